The molecular formula is C19H22N4O4. The van der Waals surface area contributed by atoms with Gasteiger partial charge in [-0.15, -0.1) is 0 Å². The number of nitrogens with one attached hydrogen (secondary N) is 1. The van der Waals surface area contributed by atoms with Crippen LogP contribution in [0.15, 0.2) is 30.5 Å². The van der Waals surface area contributed by atoms with Gasteiger partial charge in [0.15, 0.2) is 0 Å². The molecular weight excluding hydrogens is 348 g/mol. The lowest BCUT2D eigenvalue weighted by Crippen LogP contribution is -2.27. The minimum atomic E-state index is -0.247. The van der Waals surface area contributed by atoms with E-state index in [4.69, 9.17) is 9.47 Å². The van der Waals surface area contributed by atoms with Crippen molar-refractivity contribution < 1.29 is 19.1 Å². The molecule has 1 aliphatic rings. The third-order valence-electron chi connectivity index (χ3n) is 4.31. The normalized spacial score (nSPS) is 12.8. The average molecular weight is 370 g/mol. The zero-order valence-corrected chi connectivity index (χ0v) is 15.4. The first kappa shape index (κ1) is 18.8. The van der Waals surface area contributed by atoms with Crippen LogP contribution in [-0.4, -0.2) is 54.1 Å². The van der Waals surface area contributed by atoms with E-state index >= 15 is 0 Å². The van der Waals surface area contributed by atoms with Crippen LogP contribution >= 0.6 is 0 Å². The van der Waals surface area contributed by atoms with E-state index in [1.54, 1.807) is 17.2 Å². The van der Waals surface area contributed by atoms with E-state index in [1.165, 1.54) is 14.2 Å². The molecule has 0 radical (unpaired) electrons. The second-order valence-corrected chi connectivity index (χ2v) is 6.16. The van der Waals surface area contributed by atoms with Crippen LogP contribution in [0.25, 0.3) is 0 Å². The number of hydrogen-bond donors (Lipinski definition) is 1. The lowest BCUT2D eigenvalue weighted by atomic mass is 10.1. The predicted molar refractivity (Wildman–Crippen MR) is 97.2 cm³/mol. The Morgan fingerprint density at radius 1 is 1.33 bits per heavy atom. The molecule has 3 rings (SSSR count). The molecule has 1 N–H and O–H groups in total. The van der Waals surface area contributed by atoms with Crippen molar-refractivity contribution in [2.45, 2.75) is 19.5 Å². The summed E-state index contributed by atoms with van der Waals surface area (Å²) in [4.78, 5) is 34.8. The van der Waals surface area contributed by atoms with E-state index in [-0.39, 0.29) is 25.0 Å². The van der Waals surface area contributed by atoms with Crippen molar-refractivity contribution in [3.63, 3.8) is 0 Å². The van der Waals surface area contributed by atoms with Gasteiger partial charge >= 0.3 is 0 Å². The molecule has 0 bridgehead atoms. The molecule has 3 heterocycles. The molecule has 2 aromatic heterocycles. The molecule has 8 nitrogen and oxygen atoms in total. The number of fused-ring (bicyclic) bond motifs is 1. The zero-order chi connectivity index (χ0) is 19.2. The van der Waals surface area contributed by atoms with Crippen LogP contribution in [0.1, 0.15) is 27.3 Å². The second kappa shape index (κ2) is 8.59. The molecule has 0 saturated carbocycles. The smallest absolute Gasteiger partial charge is 0.256 e. The average Bonchev–Trinajstić information content (AvgIpc) is 3.00. The molecule has 0 aromatic carbocycles. The van der Waals surface area contributed by atoms with E-state index < -0.39 is 0 Å². The van der Waals surface area contributed by atoms with Crippen molar-refractivity contribution >= 4 is 11.8 Å². The Kier molecular flexibility index (Phi) is 5.97. The van der Waals surface area contributed by atoms with Crippen molar-refractivity contribution in [1.29, 1.82) is 0 Å². The molecule has 2 aromatic rings. The number of hydrogen-bond acceptors (Lipinski definition) is 6. The topological polar surface area (TPSA) is 93.7 Å². The molecule has 0 fully saturated rings. The Morgan fingerprint density at radius 2 is 2.19 bits per heavy atom. The van der Waals surface area contributed by atoms with E-state index in [0.29, 0.717) is 42.2 Å². The van der Waals surface area contributed by atoms with Crippen molar-refractivity contribution in [3.05, 3.63) is 53.0 Å². The van der Waals surface area contributed by atoms with Crippen LogP contribution in [0, 0.1) is 0 Å². The second-order valence-electron chi connectivity index (χ2n) is 6.16. The third kappa shape index (κ3) is 4.40. The maximum absolute atomic E-state index is 12.7. The number of nitrogens with zero attached hydrogens (tertiary/aromatic N) is 3. The molecule has 27 heavy (non-hydrogen) atoms. The number of rotatable bonds is 8. The van der Waals surface area contributed by atoms with E-state index in [1.807, 2.05) is 18.2 Å². The Hall–Kier alpha value is -3.00. The van der Waals surface area contributed by atoms with Gasteiger partial charge in [0.05, 0.1) is 24.9 Å². The highest BCUT2D eigenvalue weighted by molar-refractivity contribution is 5.98. The van der Waals surface area contributed by atoms with Crippen molar-refractivity contribution in [2.75, 3.05) is 27.4 Å². The molecule has 0 spiro atoms. The Balaban J connectivity index is 1.70. The van der Waals surface area contributed by atoms with Crippen LogP contribution in [0.3, 0.4) is 0 Å². The molecule has 0 atom stereocenters. The van der Waals surface area contributed by atoms with Crippen LogP contribution in [0.5, 0.6) is 5.88 Å². The Bertz CT molecular complexity index is 826. The summed E-state index contributed by atoms with van der Waals surface area (Å²) in [6.45, 7) is 1.19. The summed E-state index contributed by atoms with van der Waals surface area (Å²) in [5.74, 6) is 0.0924. The van der Waals surface area contributed by atoms with Gasteiger partial charge in [-0.2, -0.15) is 0 Å². The molecule has 1 aliphatic heterocycles. The van der Waals surface area contributed by atoms with Gasteiger partial charge in [-0.05, 0) is 18.2 Å². The largest absolute Gasteiger partial charge is 0.481 e. The summed E-state index contributed by atoms with van der Waals surface area (Å²) in [6.07, 6.45) is 2.42. The first-order valence-electron chi connectivity index (χ1n) is 8.64. The van der Waals surface area contributed by atoms with Crippen LogP contribution in [0.4, 0.5) is 0 Å². The van der Waals surface area contributed by atoms with E-state index in [2.05, 4.69) is 15.3 Å². The first-order valence-corrected chi connectivity index (χ1v) is 8.64. The first-order chi connectivity index (χ1) is 13.1. The lowest BCUT2D eigenvalue weighted by Gasteiger charge is -2.14. The van der Waals surface area contributed by atoms with Gasteiger partial charge in [-0.25, -0.2) is 4.98 Å². The Morgan fingerprint density at radius 3 is 2.89 bits per heavy atom. The zero-order valence-electron chi connectivity index (χ0n) is 15.4. The number of carbonyl (C=O) groups excluding carboxylic acids is 2. The summed E-state index contributed by atoms with van der Waals surface area (Å²) in [7, 11) is 2.97. The standard InChI is InChI=1S/C19H22N4O4/c1-26-12-17(24)21-10-13-9-15-16(22-18(13)27-2)11-23(19(15)25)8-6-14-5-3-4-7-20-14/h3-5,7,9H,6,8,10-12H2,1-2H3,(H,21,24). The van der Waals surface area contributed by atoms with Crippen LogP contribution in [0.2, 0.25) is 0 Å². The highest BCUT2D eigenvalue weighted by Gasteiger charge is 2.30. The van der Waals surface area contributed by atoms with Gasteiger partial charge < -0.3 is 19.7 Å². The summed E-state index contributed by atoms with van der Waals surface area (Å²) in [6, 6.07) is 7.48. The maximum Gasteiger partial charge on any atom is 0.256 e. The van der Waals surface area contributed by atoms with Crippen molar-refractivity contribution in [3.8, 4) is 5.88 Å². The highest BCUT2D eigenvalue weighted by Crippen LogP contribution is 2.27. The Labute approximate surface area is 157 Å². The minimum absolute atomic E-state index is 0.0269. The molecule has 0 aliphatic carbocycles. The number of methoxy groups -OCH3 is 2. The summed E-state index contributed by atoms with van der Waals surface area (Å²) < 4.78 is 10.1. The monoisotopic (exact) mass is 370 g/mol. The van der Waals surface area contributed by atoms with Gasteiger partial charge in [0.1, 0.15) is 6.61 Å². The fourth-order valence-corrected chi connectivity index (χ4v) is 2.96. The number of aromatic nitrogens is 2. The van der Waals surface area contributed by atoms with Gasteiger partial charge in [0, 0.05) is 44.1 Å². The summed E-state index contributed by atoms with van der Waals surface area (Å²) >= 11 is 0. The lowest BCUT2D eigenvalue weighted by molar-refractivity contribution is -0.124. The number of amides is 2. The van der Waals surface area contributed by atoms with Crippen LogP contribution < -0.4 is 10.1 Å². The van der Waals surface area contributed by atoms with Crippen molar-refractivity contribution in [2.24, 2.45) is 0 Å². The predicted octanol–water partition coefficient (Wildman–Crippen LogP) is 0.946. The highest BCUT2D eigenvalue weighted by atomic mass is 16.5. The van der Waals surface area contributed by atoms with Crippen molar-refractivity contribution in [1.82, 2.24) is 20.2 Å². The number of pyridine rings is 2. The summed E-state index contributed by atoms with van der Waals surface area (Å²) in [5.41, 5.74) is 2.83. The van der Waals surface area contributed by atoms with Crippen LogP contribution in [-0.2, 0) is 29.0 Å². The number of ether oxygens (including phenoxy) is 2. The van der Waals surface area contributed by atoms with Gasteiger partial charge in [0.25, 0.3) is 5.91 Å². The third-order valence-corrected chi connectivity index (χ3v) is 4.31. The molecule has 0 saturated heterocycles. The number of carbonyl (C=O) groups is 2. The van der Waals surface area contributed by atoms with E-state index in [0.717, 1.165) is 5.69 Å². The molecule has 8 heteroatoms. The maximum atomic E-state index is 12.7. The fourth-order valence-electron chi connectivity index (χ4n) is 2.96. The quantitative estimate of drug-likeness (QED) is 0.744. The molecule has 2 amide bonds. The fraction of sp³-hybridized carbons (Fsp3) is 0.368. The molecule has 0 unspecified atom stereocenters. The molecule has 142 valence electrons. The summed E-state index contributed by atoms with van der Waals surface area (Å²) in [5, 5.41) is 2.72. The van der Waals surface area contributed by atoms with Gasteiger partial charge in [-0.1, -0.05) is 6.07 Å². The SMILES string of the molecule is COCC(=O)NCc1cc2c(nc1OC)CN(CCc1ccccn1)C2=O. The minimum Gasteiger partial charge on any atom is -0.481 e. The van der Waals surface area contributed by atoms with E-state index in [9.17, 15) is 9.59 Å². The van der Waals surface area contributed by atoms with Gasteiger partial charge in [0.2, 0.25) is 11.8 Å². The van der Waals surface area contributed by atoms with Gasteiger partial charge in [-0.3, -0.25) is 14.6 Å².